The summed E-state index contributed by atoms with van der Waals surface area (Å²) in [6, 6.07) is 10.1. The third kappa shape index (κ3) is 7.83. The van der Waals surface area contributed by atoms with Crippen molar-refractivity contribution in [3.05, 3.63) is 95.9 Å². The average Bonchev–Trinajstić information content (AvgIpc) is 3.32. The molecule has 37 heavy (non-hydrogen) atoms. The largest absolute Gasteiger partial charge is 0.378 e. The van der Waals surface area contributed by atoms with Crippen molar-refractivity contribution in [2.24, 2.45) is 0 Å². The molecule has 3 aromatic rings. The van der Waals surface area contributed by atoms with Crippen LogP contribution >= 0.6 is 0 Å². The molecule has 0 fully saturated rings. The van der Waals surface area contributed by atoms with Gasteiger partial charge in [-0.25, -0.2) is 14.1 Å². The molecule has 198 valence electrons. The molecule has 2 aromatic heterocycles. The Morgan fingerprint density at radius 1 is 1.19 bits per heavy atom. The highest BCUT2D eigenvalue weighted by atomic mass is 32.2. The lowest BCUT2D eigenvalue weighted by Gasteiger charge is -2.23. The second-order valence-corrected chi connectivity index (χ2v) is 9.78. The molecule has 0 aliphatic carbocycles. The minimum Gasteiger partial charge on any atom is -0.378 e. The van der Waals surface area contributed by atoms with Crippen LogP contribution in [0.25, 0.3) is 17.3 Å². The Morgan fingerprint density at radius 3 is 2.41 bits per heavy atom. The highest BCUT2D eigenvalue weighted by Crippen LogP contribution is 2.30. The number of nitrogens with zero attached hydrogens (tertiary/aromatic N) is 3. The smallest absolute Gasteiger partial charge is 0.127 e. The zero-order valence-corrected chi connectivity index (χ0v) is 23.6. The molecule has 0 saturated carbocycles. The van der Waals surface area contributed by atoms with E-state index in [4.69, 9.17) is 0 Å². The summed E-state index contributed by atoms with van der Waals surface area (Å²) >= 11 is 0. The van der Waals surface area contributed by atoms with E-state index in [1.165, 1.54) is 18.6 Å². The number of hydrogen-bond acceptors (Lipinski definition) is 4. The van der Waals surface area contributed by atoms with Gasteiger partial charge in [-0.3, -0.25) is 4.21 Å². The number of hydrogen-bond donors (Lipinski definition) is 1. The normalized spacial score (nSPS) is 13.4. The molecule has 1 N–H and O–H groups in total. The van der Waals surface area contributed by atoms with Crippen molar-refractivity contribution >= 4 is 22.4 Å². The van der Waals surface area contributed by atoms with Crippen LogP contribution in [0.5, 0.6) is 0 Å². The van der Waals surface area contributed by atoms with Crippen LogP contribution in [-0.4, -0.2) is 25.2 Å². The van der Waals surface area contributed by atoms with Crippen LogP contribution in [0.4, 0.5) is 4.39 Å². The molecule has 3 rings (SSSR count). The van der Waals surface area contributed by atoms with E-state index >= 15 is 0 Å². The molecule has 7 heteroatoms. The first kappa shape index (κ1) is 29.9. The van der Waals surface area contributed by atoms with E-state index < -0.39 is 10.8 Å². The fourth-order valence-corrected chi connectivity index (χ4v) is 4.38. The van der Waals surface area contributed by atoms with Gasteiger partial charge >= 0.3 is 0 Å². The Kier molecular flexibility index (Phi) is 12.2. The fraction of sp³-hybridized carbons (Fsp3) is 0.333. The predicted molar refractivity (Wildman–Crippen MR) is 154 cm³/mol. The Labute approximate surface area is 223 Å². The van der Waals surface area contributed by atoms with Crippen molar-refractivity contribution in [1.82, 2.24) is 20.1 Å². The van der Waals surface area contributed by atoms with Crippen molar-refractivity contribution in [1.29, 1.82) is 0 Å². The molecule has 5 nitrogen and oxygen atoms in total. The lowest BCUT2D eigenvalue weighted by Crippen LogP contribution is -2.21. The van der Waals surface area contributed by atoms with E-state index in [0.717, 1.165) is 46.6 Å². The molecule has 2 unspecified atom stereocenters. The summed E-state index contributed by atoms with van der Waals surface area (Å²) in [5.41, 5.74) is 5.52. The first-order valence-corrected chi connectivity index (χ1v) is 14.3. The molecular formula is C30H39FN4OS. The number of rotatable bonds is 10. The van der Waals surface area contributed by atoms with Crippen molar-refractivity contribution in [3.63, 3.8) is 0 Å². The van der Waals surface area contributed by atoms with Gasteiger partial charge < -0.3 is 5.32 Å². The van der Waals surface area contributed by atoms with Crippen LogP contribution in [-0.2, 0) is 10.8 Å². The number of pyridine rings is 1. The number of aromatic nitrogens is 3. The van der Waals surface area contributed by atoms with Gasteiger partial charge in [-0.15, -0.1) is 0 Å². The molecule has 0 amide bonds. The van der Waals surface area contributed by atoms with Crippen molar-refractivity contribution in [3.8, 4) is 5.69 Å². The summed E-state index contributed by atoms with van der Waals surface area (Å²) in [4.78, 5) is 4.23. The van der Waals surface area contributed by atoms with Crippen LogP contribution in [0, 0.1) is 5.82 Å². The molecule has 0 bridgehead atoms. The third-order valence-electron chi connectivity index (χ3n) is 5.54. The standard InChI is InChI=1S/C27H31FN4OS.C3H8/c1-6-10-25(31-24(8-3)19-15-16-29-27(17-19)34(5)33)22(7-2)23-18-30-32(26(23)9-4)21-13-11-20(28)12-14-21;1-3-2/h7,9-18,24,31H,4,6,8H2,1-3,5H3;3H2,1-2H3/b22-7+,25-10+;. The highest BCUT2D eigenvalue weighted by Gasteiger charge is 2.19. The van der Waals surface area contributed by atoms with Gasteiger partial charge in [0, 0.05) is 29.3 Å². The monoisotopic (exact) mass is 522 g/mol. The summed E-state index contributed by atoms with van der Waals surface area (Å²) in [7, 11) is -1.15. The lowest BCUT2D eigenvalue weighted by atomic mass is 9.99. The van der Waals surface area contributed by atoms with E-state index in [1.807, 2.05) is 25.3 Å². The number of allylic oxidation sites excluding steroid dienone is 3. The van der Waals surface area contributed by atoms with E-state index in [1.54, 1.807) is 35.3 Å². The first-order chi connectivity index (χ1) is 17.8. The molecule has 2 heterocycles. The molecule has 0 saturated heterocycles. The summed E-state index contributed by atoms with van der Waals surface area (Å²) in [6.07, 6.45) is 14.1. The molecule has 1 aromatic carbocycles. The number of benzene rings is 1. The zero-order chi connectivity index (χ0) is 27.4. The van der Waals surface area contributed by atoms with Crippen LogP contribution in [0.3, 0.4) is 0 Å². The topological polar surface area (TPSA) is 59.8 Å². The summed E-state index contributed by atoms with van der Waals surface area (Å²) in [6.45, 7) is 14.5. The third-order valence-corrected chi connectivity index (χ3v) is 6.35. The Balaban J connectivity index is 0.00000153. The van der Waals surface area contributed by atoms with Crippen LogP contribution in [0.1, 0.15) is 76.7 Å². The van der Waals surface area contributed by atoms with Gasteiger partial charge in [0.25, 0.3) is 0 Å². The van der Waals surface area contributed by atoms with Gasteiger partial charge in [-0.05, 0) is 67.8 Å². The molecular weight excluding hydrogens is 483 g/mol. The second kappa shape index (κ2) is 15.1. The minimum atomic E-state index is -1.15. The maximum absolute atomic E-state index is 13.4. The summed E-state index contributed by atoms with van der Waals surface area (Å²) in [5, 5.41) is 8.83. The molecule has 2 atom stereocenters. The van der Waals surface area contributed by atoms with Gasteiger partial charge in [-0.2, -0.15) is 5.10 Å². The minimum absolute atomic E-state index is 0.0115. The fourth-order valence-electron chi connectivity index (χ4n) is 3.86. The molecule has 0 aliphatic heterocycles. The van der Waals surface area contributed by atoms with Crippen molar-refractivity contribution in [2.75, 3.05) is 6.26 Å². The maximum atomic E-state index is 13.4. The zero-order valence-electron chi connectivity index (χ0n) is 22.8. The van der Waals surface area contributed by atoms with Gasteiger partial charge in [-0.1, -0.05) is 52.8 Å². The molecule has 0 radical (unpaired) electrons. The maximum Gasteiger partial charge on any atom is 0.127 e. The first-order valence-electron chi connectivity index (χ1n) is 12.7. The highest BCUT2D eigenvalue weighted by molar-refractivity contribution is 7.84. The van der Waals surface area contributed by atoms with Gasteiger partial charge in [0.2, 0.25) is 0 Å². The van der Waals surface area contributed by atoms with Crippen LogP contribution in [0.15, 0.2) is 78.2 Å². The summed E-state index contributed by atoms with van der Waals surface area (Å²) < 4.78 is 27.1. The second-order valence-electron chi connectivity index (χ2n) is 8.46. The van der Waals surface area contributed by atoms with Gasteiger partial charge in [0.15, 0.2) is 0 Å². The van der Waals surface area contributed by atoms with Gasteiger partial charge in [0.05, 0.1) is 34.4 Å². The predicted octanol–water partition coefficient (Wildman–Crippen LogP) is 7.64. The SMILES string of the molecule is C=Cc1c(C(=C\C)/C(=C\CC)NC(CC)c2ccnc(S(C)=O)c2)cnn1-c1ccc(F)cc1.CCC. The molecule has 0 spiro atoms. The summed E-state index contributed by atoms with van der Waals surface area (Å²) in [5.74, 6) is -0.292. The molecule has 0 aliphatic rings. The van der Waals surface area contributed by atoms with Crippen LogP contribution < -0.4 is 5.32 Å². The Morgan fingerprint density at radius 2 is 1.86 bits per heavy atom. The lowest BCUT2D eigenvalue weighted by molar-refractivity contribution is 0.585. The Hall–Kier alpha value is -3.32. The quantitative estimate of drug-likeness (QED) is 0.278. The van der Waals surface area contributed by atoms with Crippen molar-refractivity contribution in [2.45, 2.75) is 64.9 Å². The Bertz CT molecular complexity index is 1240. The van der Waals surface area contributed by atoms with E-state index in [2.05, 4.69) is 61.8 Å². The van der Waals surface area contributed by atoms with Crippen molar-refractivity contribution < 1.29 is 8.60 Å². The number of nitrogens with one attached hydrogen (secondary N) is 1. The van der Waals surface area contributed by atoms with E-state index in [9.17, 15) is 8.60 Å². The van der Waals surface area contributed by atoms with E-state index in [-0.39, 0.29) is 11.9 Å². The van der Waals surface area contributed by atoms with E-state index in [0.29, 0.717) is 5.03 Å². The average molecular weight is 523 g/mol. The number of halogens is 1. The van der Waals surface area contributed by atoms with Crippen LogP contribution in [0.2, 0.25) is 0 Å². The van der Waals surface area contributed by atoms with Gasteiger partial charge in [0.1, 0.15) is 10.8 Å².